The molecule has 9 atom stereocenters. The van der Waals surface area contributed by atoms with Crippen LogP contribution in [-0.4, -0.2) is 74.9 Å². The molecule has 0 bridgehead atoms. The third-order valence-corrected chi connectivity index (χ3v) is 6.77. The first-order chi connectivity index (χ1) is 14.7. The fourth-order valence-electron chi connectivity index (χ4n) is 4.94. The highest BCUT2D eigenvalue weighted by atomic mass is 16.7. The van der Waals surface area contributed by atoms with Gasteiger partial charge in [-0.05, 0) is 24.5 Å². The van der Waals surface area contributed by atoms with Gasteiger partial charge in [-0.2, -0.15) is 0 Å². The van der Waals surface area contributed by atoms with Crippen LogP contribution in [0, 0.1) is 11.3 Å². The van der Waals surface area contributed by atoms with E-state index in [1.165, 1.54) is 12.5 Å². The molecule has 0 radical (unpaired) electrons. The van der Waals surface area contributed by atoms with Crippen molar-refractivity contribution in [1.29, 1.82) is 0 Å². The summed E-state index contributed by atoms with van der Waals surface area (Å²) in [5, 5.41) is 50.3. The summed E-state index contributed by atoms with van der Waals surface area (Å²) in [5.74, 6) is -1.48. The van der Waals surface area contributed by atoms with Gasteiger partial charge in [0.25, 0.3) is 0 Å². The lowest BCUT2D eigenvalue weighted by Crippen LogP contribution is -2.59. The quantitative estimate of drug-likeness (QED) is 0.395. The summed E-state index contributed by atoms with van der Waals surface area (Å²) < 4.78 is 22.0. The maximum atomic E-state index is 13.0. The lowest BCUT2D eigenvalue weighted by Gasteiger charge is -2.49. The number of aliphatic hydroxyl groups is 5. The van der Waals surface area contributed by atoms with Gasteiger partial charge in [-0.1, -0.05) is 13.8 Å². The Morgan fingerprint density at radius 2 is 1.94 bits per heavy atom. The number of aliphatic hydroxyl groups excluding tert-OH is 5. The molecule has 0 spiro atoms. The first kappa shape index (κ1) is 22.3. The number of rotatable bonds is 4. The fraction of sp³-hybridized carbons (Fsp3) is 0.667. The molecule has 31 heavy (non-hydrogen) atoms. The monoisotopic (exact) mass is 440 g/mol. The molecule has 0 aromatic carbocycles. The summed E-state index contributed by atoms with van der Waals surface area (Å²) >= 11 is 0. The standard InChI is InChI=1S/C21H28O10/c1-9-11(23)3-5-21(2)13(9)17(19(27)31-18(21)10-4-6-28-8-10)30-20-16(26)15(25)14(24)12(7-22)29-20/h4,6,8-9,11-12,14-16,18,20,22-26H,3,5,7H2,1-2H3/t9-,11+,12-,14-,15+,16-,18+,20+,21-/m1/s1. The Balaban J connectivity index is 1.74. The van der Waals surface area contributed by atoms with Crippen molar-refractivity contribution in [3.05, 3.63) is 35.5 Å². The molecular weight excluding hydrogens is 412 g/mol. The maximum Gasteiger partial charge on any atom is 0.374 e. The van der Waals surface area contributed by atoms with E-state index in [9.17, 15) is 30.3 Å². The molecule has 1 saturated carbocycles. The zero-order valence-corrected chi connectivity index (χ0v) is 17.2. The minimum atomic E-state index is -1.68. The van der Waals surface area contributed by atoms with E-state index in [4.69, 9.17) is 18.6 Å². The van der Waals surface area contributed by atoms with E-state index in [0.717, 1.165) is 0 Å². The Bertz CT molecular complexity index is 833. The van der Waals surface area contributed by atoms with Crippen molar-refractivity contribution in [2.75, 3.05) is 6.61 Å². The number of ether oxygens (including phenoxy) is 3. The molecule has 2 aliphatic heterocycles. The highest BCUT2D eigenvalue weighted by Crippen LogP contribution is 2.57. The summed E-state index contributed by atoms with van der Waals surface area (Å²) in [6.45, 7) is 3.06. The van der Waals surface area contributed by atoms with Crippen molar-refractivity contribution < 1.29 is 49.0 Å². The Kier molecular flexibility index (Phi) is 5.88. The average Bonchev–Trinajstić information content (AvgIpc) is 3.28. The smallest absolute Gasteiger partial charge is 0.374 e. The predicted octanol–water partition coefficient (Wildman–Crippen LogP) is -0.255. The minimum Gasteiger partial charge on any atom is -0.472 e. The first-order valence-electron chi connectivity index (χ1n) is 10.3. The van der Waals surface area contributed by atoms with Gasteiger partial charge >= 0.3 is 5.97 Å². The molecule has 5 N–H and O–H groups in total. The van der Waals surface area contributed by atoms with Gasteiger partial charge in [-0.3, -0.25) is 0 Å². The minimum absolute atomic E-state index is 0.210. The van der Waals surface area contributed by atoms with Gasteiger partial charge in [-0.15, -0.1) is 0 Å². The third kappa shape index (κ3) is 3.57. The van der Waals surface area contributed by atoms with Crippen LogP contribution in [0.25, 0.3) is 0 Å². The topological polar surface area (TPSA) is 159 Å². The number of hydrogen-bond acceptors (Lipinski definition) is 10. The highest BCUT2D eigenvalue weighted by molar-refractivity contribution is 5.89. The van der Waals surface area contributed by atoms with Crippen LogP contribution in [-0.2, 0) is 19.0 Å². The van der Waals surface area contributed by atoms with Gasteiger partial charge in [0.2, 0.25) is 12.0 Å². The Labute approximate surface area is 178 Å². The Hall–Kier alpha value is -1.95. The number of carbonyl (C=O) groups is 1. The van der Waals surface area contributed by atoms with Crippen molar-refractivity contribution in [3.8, 4) is 0 Å². The van der Waals surface area contributed by atoms with Gasteiger partial charge in [0, 0.05) is 16.9 Å². The summed E-state index contributed by atoms with van der Waals surface area (Å²) in [7, 11) is 0. The molecule has 172 valence electrons. The van der Waals surface area contributed by atoms with Gasteiger partial charge < -0.3 is 44.2 Å². The molecule has 3 aliphatic rings. The molecule has 4 rings (SSSR count). The van der Waals surface area contributed by atoms with Crippen molar-refractivity contribution in [2.24, 2.45) is 11.3 Å². The number of furan rings is 1. The lowest BCUT2D eigenvalue weighted by atomic mass is 9.61. The Morgan fingerprint density at radius 3 is 2.58 bits per heavy atom. The number of fused-ring (bicyclic) bond motifs is 1. The second-order valence-electron chi connectivity index (χ2n) is 8.71. The second kappa shape index (κ2) is 8.19. The van der Waals surface area contributed by atoms with Crippen LogP contribution in [0.15, 0.2) is 34.3 Å². The van der Waals surface area contributed by atoms with E-state index in [2.05, 4.69) is 0 Å². The van der Waals surface area contributed by atoms with Crippen molar-refractivity contribution in [1.82, 2.24) is 0 Å². The number of hydrogen-bond donors (Lipinski definition) is 5. The third-order valence-electron chi connectivity index (χ3n) is 6.77. The molecule has 10 heteroatoms. The van der Waals surface area contributed by atoms with Crippen LogP contribution >= 0.6 is 0 Å². The highest BCUT2D eigenvalue weighted by Gasteiger charge is 2.55. The van der Waals surface area contributed by atoms with Crippen LogP contribution in [0.3, 0.4) is 0 Å². The molecular formula is C21H28O10. The van der Waals surface area contributed by atoms with Crippen LogP contribution in [0.4, 0.5) is 0 Å². The normalized spacial score (nSPS) is 43.4. The molecule has 1 saturated heterocycles. The zero-order valence-electron chi connectivity index (χ0n) is 17.2. The van der Waals surface area contributed by atoms with E-state index in [0.29, 0.717) is 24.0 Å². The SMILES string of the molecule is C[C@H]1C2=C(O[C@@H]3O[C@H](CO)[C@@H](O)[C@H](O)[C@H]3O)C(=O)O[C@@H](c3ccoc3)[C@]2(C)CC[C@@H]1O. The summed E-state index contributed by atoms with van der Waals surface area (Å²) in [5.41, 5.74) is 0.467. The van der Waals surface area contributed by atoms with Crippen molar-refractivity contribution >= 4 is 5.97 Å². The van der Waals surface area contributed by atoms with Crippen LogP contribution in [0.5, 0.6) is 0 Å². The second-order valence-corrected chi connectivity index (χ2v) is 8.71. The zero-order chi connectivity index (χ0) is 22.5. The fourth-order valence-corrected chi connectivity index (χ4v) is 4.94. The summed E-state index contributed by atoms with van der Waals surface area (Å²) in [6.07, 6.45) is -5.02. The maximum absolute atomic E-state index is 13.0. The molecule has 3 heterocycles. The van der Waals surface area contributed by atoms with E-state index >= 15 is 0 Å². The first-order valence-corrected chi connectivity index (χ1v) is 10.3. The van der Waals surface area contributed by atoms with E-state index < -0.39 is 66.8 Å². The van der Waals surface area contributed by atoms with E-state index in [1.54, 1.807) is 13.0 Å². The predicted molar refractivity (Wildman–Crippen MR) is 102 cm³/mol. The van der Waals surface area contributed by atoms with Gasteiger partial charge in [-0.25, -0.2) is 4.79 Å². The van der Waals surface area contributed by atoms with Crippen molar-refractivity contribution in [2.45, 2.75) is 69.6 Å². The molecule has 2 fully saturated rings. The molecule has 1 aromatic rings. The van der Waals surface area contributed by atoms with E-state index in [-0.39, 0.29) is 5.76 Å². The molecule has 1 aliphatic carbocycles. The Morgan fingerprint density at radius 1 is 1.19 bits per heavy atom. The van der Waals surface area contributed by atoms with E-state index in [1.807, 2.05) is 6.92 Å². The van der Waals surface area contributed by atoms with Gasteiger partial charge in [0.1, 0.15) is 30.5 Å². The van der Waals surface area contributed by atoms with Crippen LogP contribution in [0.1, 0.15) is 38.4 Å². The van der Waals surface area contributed by atoms with Gasteiger partial charge in [0.15, 0.2) is 0 Å². The average molecular weight is 440 g/mol. The number of esters is 1. The lowest BCUT2D eigenvalue weighted by molar-refractivity contribution is -0.293. The molecule has 0 amide bonds. The molecule has 1 aromatic heterocycles. The van der Waals surface area contributed by atoms with Gasteiger partial charge in [0.05, 0.1) is 25.2 Å². The number of cyclic esters (lactones) is 1. The summed E-state index contributed by atoms with van der Waals surface area (Å²) in [6, 6.07) is 1.71. The molecule has 10 nitrogen and oxygen atoms in total. The van der Waals surface area contributed by atoms with Crippen molar-refractivity contribution in [3.63, 3.8) is 0 Å². The number of carbonyl (C=O) groups excluding carboxylic acids is 1. The van der Waals surface area contributed by atoms with Crippen LogP contribution < -0.4 is 0 Å². The summed E-state index contributed by atoms with van der Waals surface area (Å²) in [4.78, 5) is 13.0. The van der Waals surface area contributed by atoms with Crippen LogP contribution in [0.2, 0.25) is 0 Å². The largest absolute Gasteiger partial charge is 0.472 e. The molecule has 0 unspecified atom stereocenters.